The van der Waals surface area contributed by atoms with E-state index in [2.05, 4.69) is 10.0 Å². The van der Waals surface area contributed by atoms with Gasteiger partial charge in [0.1, 0.15) is 11.5 Å². The van der Waals surface area contributed by atoms with Gasteiger partial charge in [-0.1, -0.05) is 12.1 Å². The number of carbonyl (C=O) groups is 1. The first-order valence-electron chi connectivity index (χ1n) is 7.17. The standard InChI is InChI=1S/C16H16N2O5S/c1-22-12-4-2-11(3-5-12)9-17-24(20,21)13-6-7-14-15(8-13)23-10-16(19)18-14/h2-8,17H,9-10H2,1H3,(H,18,19). The second-order valence-electron chi connectivity index (χ2n) is 5.17. The van der Waals surface area contributed by atoms with E-state index in [0.717, 1.165) is 5.56 Å². The summed E-state index contributed by atoms with van der Waals surface area (Å²) in [5.41, 5.74) is 1.27. The summed E-state index contributed by atoms with van der Waals surface area (Å²) in [7, 11) is -2.13. The molecule has 0 unspecified atom stereocenters. The minimum atomic E-state index is -3.70. The Hall–Kier alpha value is -2.58. The molecule has 0 spiro atoms. The molecule has 2 N–H and O–H groups in total. The summed E-state index contributed by atoms with van der Waals surface area (Å²) in [6.07, 6.45) is 0. The molecule has 0 aliphatic carbocycles. The van der Waals surface area contributed by atoms with Crippen molar-refractivity contribution in [2.45, 2.75) is 11.4 Å². The van der Waals surface area contributed by atoms with Gasteiger partial charge in [0.25, 0.3) is 5.91 Å². The molecule has 7 nitrogen and oxygen atoms in total. The Balaban J connectivity index is 1.74. The molecule has 0 bridgehead atoms. The number of hydrogen-bond donors (Lipinski definition) is 2. The number of carbonyl (C=O) groups excluding carboxylic acids is 1. The van der Waals surface area contributed by atoms with Gasteiger partial charge in [0.05, 0.1) is 17.7 Å². The summed E-state index contributed by atoms with van der Waals surface area (Å²) < 4.78 is 37.6. The van der Waals surface area contributed by atoms with Crippen LogP contribution < -0.4 is 19.5 Å². The molecule has 2 aromatic carbocycles. The molecule has 3 rings (SSSR count). The molecule has 0 atom stereocenters. The van der Waals surface area contributed by atoms with Gasteiger partial charge in [-0.3, -0.25) is 4.79 Å². The molecule has 1 aliphatic rings. The van der Waals surface area contributed by atoms with Gasteiger partial charge in [0.2, 0.25) is 10.0 Å². The Morgan fingerprint density at radius 1 is 1.21 bits per heavy atom. The molecule has 0 aromatic heterocycles. The highest BCUT2D eigenvalue weighted by Gasteiger charge is 2.20. The van der Waals surface area contributed by atoms with Gasteiger partial charge in [-0.25, -0.2) is 13.1 Å². The molecular formula is C16H16N2O5S. The fourth-order valence-corrected chi connectivity index (χ4v) is 3.26. The first-order valence-corrected chi connectivity index (χ1v) is 8.65. The fourth-order valence-electron chi connectivity index (χ4n) is 2.23. The van der Waals surface area contributed by atoms with Gasteiger partial charge < -0.3 is 14.8 Å². The third-order valence-electron chi connectivity index (χ3n) is 3.52. The van der Waals surface area contributed by atoms with Gasteiger partial charge in [-0.15, -0.1) is 0 Å². The Morgan fingerprint density at radius 3 is 2.67 bits per heavy atom. The average molecular weight is 348 g/mol. The Labute approximate surface area is 139 Å². The van der Waals surface area contributed by atoms with Gasteiger partial charge in [0, 0.05) is 12.6 Å². The normalized spacial score (nSPS) is 13.6. The number of sulfonamides is 1. The van der Waals surface area contributed by atoms with E-state index in [1.165, 1.54) is 18.2 Å². The Kier molecular flexibility index (Phi) is 4.41. The SMILES string of the molecule is COc1ccc(CNS(=O)(=O)c2ccc3c(c2)OCC(=O)N3)cc1. The van der Waals surface area contributed by atoms with Gasteiger partial charge >= 0.3 is 0 Å². The maximum Gasteiger partial charge on any atom is 0.262 e. The zero-order valence-electron chi connectivity index (χ0n) is 12.9. The molecule has 2 aromatic rings. The van der Waals surface area contributed by atoms with Crippen molar-refractivity contribution in [2.75, 3.05) is 19.0 Å². The van der Waals surface area contributed by atoms with Crippen molar-refractivity contribution >= 4 is 21.6 Å². The van der Waals surface area contributed by atoms with Crippen LogP contribution in [0.3, 0.4) is 0 Å². The van der Waals surface area contributed by atoms with Crippen LogP contribution in [-0.4, -0.2) is 28.0 Å². The Morgan fingerprint density at radius 2 is 1.96 bits per heavy atom. The van der Waals surface area contributed by atoms with Crippen molar-refractivity contribution in [3.63, 3.8) is 0 Å². The third kappa shape index (κ3) is 3.50. The average Bonchev–Trinajstić information content (AvgIpc) is 2.60. The molecule has 24 heavy (non-hydrogen) atoms. The number of ether oxygens (including phenoxy) is 2. The number of benzene rings is 2. The highest BCUT2D eigenvalue weighted by Crippen LogP contribution is 2.30. The summed E-state index contributed by atoms with van der Waals surface area (Å²) in [6.45, 7) is 0.0246. The maximum atomic E-state index is 12.4. The molecule has 1 amide bonds. The van der Waals surface area contributed by atoms with E-state index in [0.29, 0.717) is 17.2 Å². The number of fused-ring (bicyclic) bond motifs is 1. The summed E-state index contributed by atoms with van der Waals surface area (Å²) in [5, 5.41) is 2.62. The topological polar surface area (TPSA) is 93.7 Å². The number of rotatable bonds is 5. The number of methoxy groups -OCH3 is 1. The zero-order chi connectivity index (χ0) is 17.2. The van der Waals surface area contributed by atoms with E-state index in [4.69, 9.17) is 9.47 Å². The fraction of sp³-hybridized carbons (Fsp3) is 0.188. The molecular weight excluding hydrogens is 332 g/mol. The van der Waals surface area contributed by atoms with E-state index in [1.807, 2.05) is 0 Å². The quantitative estimate of drug-likeness (QED) is 0.854. The maximum absolute atomic E-state index is 12.4. The Bertz CT molecular complexity index is 863. The monoisotopic (exact) mass is 348 g/mol. The minimum absolute atomic E-state index is 0.0749. The first kappa shape index (κ1) is 16.3. The molecule has 0 fully saturated rings. The van der Waals surface area contributed by atoms with Crippen LogP contribution in [0.15, 0.2) is 47.4 Å². The van der Waals surface area contributed by atoms with Crippen molar-refractivity contribution in [2.24, 2.45) is 0 Å². The minimum Gasteiger partial charge on any atom is -0.497 e. The predicted octanol–water partition coefficient (Wildman–Crippen LogP) is 1.50. The lowest BCUT2D eigenvalue weighted by Gasteiger charge is -2.18. The van der Waals surface area contributed by atoms with Crippen LogP contribution in [0.5, 0.6) is 11.5 Å². The molecule has 0 saturated heterocycles. The summed E-state index contributed by atoms with van der Waals surface area (Å²) in [4.78, 5) is 11.3. The van der Waals surface area contributed by atoms with Crippen molar-refractivity contribution in [1.29, 1.82) is 0 Å². The van der Waals surface area contributed by atoms with Crippen LogP contribution in [0.2, 0.25) is 0 Å². The molecule has 0 saturated carbocycles. The van der Waals surface area contributed by atoms with E-state index < -0.39 is 10.0 Å². The number of nitrogens with one attached hydrogen (secondary N) is 2. The van der Waals surface area contributed by atoms with Gasteiger partial charge in [-0.05, 0) is 29.8 Å². The first-order chi connectivity index (χ1) is 11.5. The summed E-state index contributed by atoms with van der Waals surface area (Å²) in [5.74, 6) is 0.771. The second kappa shape index (κ2) is 6.50. The van der Waals surface area contributed by atoms with Crippen LogP contribution in [0.1, 0.15) is 5.56 Å². The molecule has 126 valence electrons. The van der Waals surface area contributed by atoms with Crippen molar-refractivity contribution in [1.82, 2.24) is 4.72 Å². The number of anilines is 1. The van der Waals surface area contributed by atoms with Gasteiger partial charge in [0.15, 0.2) is 6.61 Å². The summed E-state index contributed by atoms with van der Waals surface area (Å²) >= 11 is 0. The second-order valence-corrected chi connectivity index (χ2v) is 6.93. The van der Waals surface area contributed by atoms with Gasteiger partial charge in [-0.2, -0.15) is 0 Å². The van der Waals surface area contributed by atoms with Crippen molar-refractivity contribution in [3.8, 4) is 11.5 Å². The highest BCUT2D eigenvalue weighted by molar-refractivity contribution is 7.89. The van der Waals surface area contributed by atoms with Crippen LogP contribution >= 0.6 is 0 Å². The molecule has 1 aliphatic heterocycles. The van der Waals surface area contributed by atoms with Crippen molar-refractivity contribution < 1.29 is 22.7 Å². The molecule has 8 heteroatoms. The lowest BCUT2D eigenvalue weighted by Crippen LogP contribution is -2.26. The number of amides is 1. The molecule has 0 radical (unpaired) electrons. The lowest BCUT2D eigenvalue weighted by molar-refractivity contribution is -0.118. The smallest absolute Gasteiger partial charge is 0.262 e. The van der Waals surface area contributed by atoms with E-state index in [1.54, 1.807) is 31.4 Å². The van der Waals surface area contributed by atoms with Crippen LogP contribution in [0.25, 0.3) is 0 Å². The van der Waals surface area contributed by atoms with Crippen molar-refractivity contribution in [3.05, 3.63) is 48.0 Å². The third-order valence-corrected chi connectivity index (χ3v) is 4.92. The highest BCUT2D eigenvalue weighted by atomic mass is 32.2. The predicted molar refractivity (Wildman–Crippen MR) is 87.6 cm³/mol. The van der Waals surface area contributed by atoms with E-state index >= 15 is 0 Å². The summed E-state index contributed by atoms with van der Waals surface area (Å²) in [6, 6.07) is 11.4. The van der Waals surface area contributed by atoms with Crippen LogP contribution in [0, 0.1) is 0 Å². The van der Waals surface area contributed by atoms with E-state index in [-0.39, 0.29) is 24.0 Å². The zero-order valence-corrected chi connectivity index (χ0v) is 13.7. The van der Waals surface area contributed by atoms with E-state index in [9.17, 15) is 13.2 Å². The molecule has 1 heterocycles. The largest absolute Gasteiger partial charge is 0.497 e. The van der Waals surface area contributed by atoms with Crippen LogP contribution in [0.4, 0.5) is 5.69 Å². The number of hydrogen-bond acceptors (Lipinski definition) is 5. The van der Waals surface area contributed by atoms with Crippen LogP contribution in [-0.2, 0) is 21.4 Å². The lowest BCUT2D eigenvalue weighted by atomic mass is 10.2.